The molecular formula is C13H13ClFN3O. The quantitative estimate of drug-likeness (QED) is 0.667. The third kappa shape index (κ3) is 2.84. The lowest BCUT2D eigenvalue weighted by Gasteiger charge is -2.18. The van der Waals surface area contributed by atoms with Crippen LogP contribution in [0.15, 0.2) is 36.7 Å². The maximum Gasteiger partial charge on any atom is 0.146 e. The number of rotatable bonds is 4. The minimum atomic E-state index is -0.554. The van der Waals surface area contributed by atoms with Gasteiger partial charge in [-0.05, 0) is 17.7 Å². The summed E-state index contributed by atoms with van der Waals surface area (Å²) in [5.74, 6) is 5.58. The van der Waals surface area contributed by atoms with Gasteiger partial charge >= 0.3 is 0 Å². The first-order chi connectivity index (χ1) is 9.17. The SMILES string of the molecule is COc1cncc(C(NN)c2cccc(Cl)c2F)c1. The number of methoxy groups -OCH3 is 1. The Morgan fingerprint density at radius 2 is 2.21 bits per heavy atom. The van der Waals surface area contributed by atoms with Crippen LogP contribution in [-0.4, -0.2) is 12.1 Å². The number of nitrogens with zero attached hydrogens (tertiary/aromatic N) is 1. The van der Waals surface area contributed by atoms with Crippen molar-refractivity contribution in [1.82, 2.24) is 10.4 Å². The molecule has 0 amide bonds. The van der Waals surface area contributed by atoms with Crippen molar-refractivity contribution >= 4 is 11.6 Å². The van der Waals surface area contributed by atoms with Gasteiger partial charge in [0.15, 0.2) is 0 Å². The van der Waals surface area contributed by atoms with Gasteiger partial charge in [0.1, 0.15) is 11.6 Å². The second-order valence-corrected chi connectivity index (χ2v) is 4.31. The van der Waals surface area contributed by atoms with E-state index in [1.807, 2.05) is 0 Å². The maximum atomic E-state index is 14.0. The molecule has 1 aromatic heterocycles. The van der Waals surface area contributed by atoms with Crippen LogP contribution in [0.2, 0.25) is 5.02 Å². The minimum absolute atomic E-state index is 0.0496. The summed E-state index contributed by atoms with van der Waals surface area (Å²) in [5, 5.41) is 0.0496. The highest BCUT2D eigenvalue weighted by Crippen LogP contribution is 2.28. The van der Waals surface area contributed by atoms with Gasteiger partial charge in [-0.15, -0.1) is 0 Å². The summed E-state index contributed by atoms with van der Waals surface area (Å²) in [6.45, 7) is 0. The summed E-state index contributed by atoms with van der Waals surface area (Å²) in [5.41, 5.74) is 3.60. The molecule has 2 rings (SSSR count). The van der Waals surface area contributed by atoms with Crippen LogP contribution in [0.25, 0.3) is 0 Å². The van der Waals surface area contributed by atoms with Crippen molar-refractivity contribution in [1.29, 1.82) is 0 Å². The highest BCUT2D eigenvalue weighted by molar-refractivity contribution is 6.30. The van der Waals surface area contributed by atoms with Crippen LogP contribution in [-0.2, 0) is 0 Å². The minimum Gasteiger partial charge on any atom is -0.495 e. The zero-order chi connectivity index (χ0) is 13.8. The zero-order valence-electron chi connectivity index (χ0n) is 10.2. The average Bonchev–Trinajstić information content (AvgIpc) is 2.44. The van der Waals surface area contributed by atoms with Crippen molar-refractivity contribution in [2.75, 3.05) is 7.11 Å². The molecule has 0 bridgehead atoms. The molecule has 0 fully saturated rings. The van der Waals surface area contributed by atoms with Gasteiger partial charge in [-0.2, -0.15) is 0 Å². The van der Waals surface area contributed by atoms with Gasteiger partial charge in [0.2, 0.25) is 0 Å². The Hall–Kier alpha value is -1.69. The number of benzene rings is 1. The molecule has 2 aromatic rings. The Labute approximate surface area is 115 Å². The Kier molecular flexibility index (Phi) is 4.31. The molecule has 1 heterocycles. The molecule has 100 valence electrons. The van der Waals surface area contributed by atoms with E-state index in [1.54, 1.807) is 30.6 Å². The number of ether oxygens (including phenoxy) is 1. The molecule has 4 nitrogen and oxygen atoms in total. The lowest BCUT2D eigenvalue weighted by molar-refractivity contribution is 0.411. The average molecular weight is 282 g/mol. The van der Waals surface area contributed by atoms with Crippen LogP contribution in [0.1, 0.15) is 17.2 Å². The number of pyridine rings is 1. The van der Waals surface area contributed by atoms with Crippen molar-refractivity contribution in [2.45, 2.75) is 6.04 Å². The summed E-state index contributed by atoms with van der Waals surface area (Å²) in [4.78, 5) is 4.03. The fraction of sp³-hybridized carbons (Fsp3) is 0.154. The second-order valence-electron chi connectivity index (χ2n) is 3.90. The standard InChI is InChI=1S/C13H13ClFN3O/c1-19-9-5-8(6-17-7-9)13(18-16)10-3-2-4-11(14)12(10)15/h2-7,13,18H,16H2,1H3. The Morgan fingerprint density at radius 3 is 2.89 bits per heavy atom. The number of aromatic nitrogens is 1. The Balaban J connectivity index is 2.46. The van der Waals surface area contributed by atoms with Gasteiger partial charge < -0.3 is 4.74 Å². The summed E-state index contributed by atoms with van der Waals surface area (Å²) < 4.78 is 19.1. The van der Waals surface area contributed by atoms with Crippen LogP contribution in [0, 0.1) is 5.82 Å². The van der Waals surface area contributed by atoms with Crippen molar-refractivity contribution in [3.8, 4) is 5.75 Å². The molecular weight excluding hydrogens is 269 g/mol. The van der Waals surface area contributed by atoms with E-state index in [4.69, 9.17) is 22.2 Å². The van der Waals surface area contributed by atoms with Crippen LogP contribution in [0.3, 0.4) is 0 Å². The third-order valence-electron chi connectivity index (χ3n) is 2.76. The number of hydrazine groups is 1. The second kappa shape index (κ2) is 5.97. The number of hydrogen-bond donors (Lipinski definition) is 2. The maximum absolute atomic E-state index is 14.0. The van der Waals surface area contributed by atoms with Crippen LogP contribution >= 0.6 is 11.6 Å². The van der Waals surface area contributed by atoms with E-state index in [2.05, 4.69) is 10.4 Å². The summed E-state index contributed by atoms with van der Waals surface area (Å²) in [7, 11) is 1.53. The summed E-state index contributed by atoms with van der Waals surface area (Å²) >= 11 is 5.78. The number of nitrogens with two attached hydrogens (primary N) is 1. The first-order valence-electron chi connectivity index (χ1n) is 5.56. The molecule has 1 atom stereocenters. The topological polar surface area (TPSA) is 60.2 Å². The van der Waals surface area contributed by atoms with E-state index in [-0.39, 0.29) is 5.02 Å². The smallest absolute Gasteiger partial charge is 0.146 e. The van der Waals surface area contributed by atoms with Gasteiger partial charge in [0, 0.05) is 11.8 Å². The van der Waals surface area contributed by atoms with Crippen molar-refractivity contribution in [3.05, 3.63) is 58.6 Å². The molecule has 0 saturated heterocycles. The molecule has 1 unspecified atom stereocenters. The van der Waals surface area contributed by atoms with Gasteiger partial charge in [-0.3, -0.25) is 10.8 Å². The molecule has 0 aliphatic heterocycles. The first-order valence-corrected chi connectivity index (χ1v) is 5.94. The Morgan fingerprint density at radius 1 is 1.42 bits per heavy atom. The summed E-state index contributed by atoms with van der Waals surface area (Å²) in [6.07, 6.45) is 3.15. The van der Waals surface area contributed by atoms with Gasteiger partial charge in [0.25, 0.3) is 0 Å². The fourth-order valence-corrected chi connectivity index (χ4v) is 2.00. The van der Waals surface area contributed by atoms with Crippen LogP contribution in [0.4, 0.5) is 4.39 Å². The molecule has 0 saturated carbocycles. The van der Waals surface area contributed by atoms with E-state index < -0.39 is 11.9 Å². The first kappa shape index (κ1) is 13.7. The zero-order valence-corrected chi connectivity index (χ0v) is 11.0. The molecule has 0 radical (unpaired) electrons. The normalized spacial score (nSPS) is 12.2. The van der Waals surface area contributed by atoms with E-state index in [0.717, 1.165) is 0 Å². The predicted octanol–water partition coefficient (Wildman–Crippen LogP) is 2.44. The third-order valence-corrected chi connectivity index (χ3v) is 3.05. The van der Waals surface area contributed by atoms with Gasteiger partial charge in [0.05, 0.1) is 24.4 Å². The molecule has 0 spiro atoms. The molecule has 1 aromatic carbocycles. The van der Waals surface area contributed by atoms with Crippen molar-refractivity contribution < 1.29 is 9.13 Å². The fourth-order valence-electron chi connectivity index (χ4n) is 1.81. The summed E-state index contributed by atoms with van der Waals surface area (Å²) in [6, 6.07) is 5.95. The van der Waals surface area contributed by atoms with Crippen LogP contribution < -0.4 is 16.0 Å². The lowest BCUT2D eigenvalue weighted by Crippen LogP contribution is -2.29. The molecule has 0 aliphatic rings. The number of hydrogen-bond acceptors (Lipinski definition) is 4. The molecule has 0 aliphatic carbocycles. The molecule has 3 N–H and O–H groups in total. The highest BCUT2D eigenvalue weighted by atomic mass is 35.5. The largest absolute Gasteiger partial charge is 0.495 e. The number of halogens is 2. The predicted molar refractivity (Wildman–Crippen MR) is 71.4 cm³/mol. The van der Waals surface area contributed by atoms with Gasteiger partial charge in [-0.25, -0.2) is 9.82 Å². The van der Waals surface area contributed by atoms with E-state index in [0.29, 0.717) is 16.9 Å². The van der Waals surface area contributed by atoms with E-state index in [1.165, 1.54) is 13.2 Å². The Bertz CT molecular complexity index is 580. The highest BCUT2D eigenvalue weighted by Gasteiger charge is 2.19. The molecule has 19 heavy (non-hydrogen) atoms. The lowest BCUT2D eigenvalue weighted by atomic mass is 10.00. The number of nitrogens with one attached hydrogen (secondary N) is 1. The van der Waals surface area contributed by atoms with E-state index in [9.17, 15) is 4.39 Å². The monoisotopic (exact) mass is 281 g/mol. The van der Waals surface area contributed by atoms with Crippen molar-refractivity contribution in [2.24, 2.45) is 5.84 Å². The van der Waals surface area contributed by atoms with Crippen LogP contribution in [0.5, 0.6) is 5.75 Å². The molecule has 6 heteroatoms. The van der Waals surface area contributed by atoms with E-state index >= 15 is 0 Å². The van der Waals surface area contributed by atoms with Crippen molar-refractivity contribution in [3.63, 3.8) is 0 Å². The van der Waals surface area contributed by atoms with Gasteiger partial charge in [-0.1, -0.05) is 23.7 Å².